The molecule has 0 amide bonds. The van der Waals surface area contributed by atoms with Crippen molar-refractivity contribution in [3.05, 3.63) is 35.4 Å². The van der Waals surface area contributed by atoms with Crippen molar-refractivity contribution in [3.63, 3.8) is 0 Å². The highest BCUT2D eigenvalue weighted by atomic mass is 32.1. The molecule has 7 nitrogen and oxygen atoms in total. The summed E-state index contributed by atoms with van der Waals surface area (Å²) < 4.78 is 0. The molecule has 0 heterocycles. The average molecular weight is 350 g/mol. The predicted molar refractivity (Wildman–Crippen MR) is 101 cm³/mol. The van der Waals surface area contributed by atoms with Crippen LogP contribution >= 0.6 is 24.4 Å². The molecule has 0 aromatic heterocycles. The summed E-state index contributed by atoms with van der Waals surface area (Å²) in [5.74, 6) is 0. The minimum absolute atomic E-state index is 0.374. The Morgan fingerprint density at radius 2 is 1.52 bits per heavy atom. The van der Waals surface area contributed by atoms with Gasteiger partial charge >= 0.3 is 0 Å². The molecule has 0 saturated heterocycles. The molecule has 0 radical (unpaired) electrons. The van der Waals surface area contributed by atoms with E-state index in [0.29, 0.717) is 27.2 Å². The van der Waals surface area contributed by atoms with Gasteiger partial charge in [0.1, 0.15) is 12.0 Å². The smallest absolute Gasteiger partial charge is 0.186 e. The number of rotatable bonds is 5. The lowest BCUT2D eigenvalue weighted by Gasteiger charge is -2.09. The Morgan fingerprint density at radius 3 is 2.00 bits per heavy atom. The van der Waals surface area contributed by atoms with Gasteiger partial charge in [0.15, 0.2) is 10.2 Å². The SMILES string of the molecule is CNC(=S)N/N=C(C)/C(=N/NC(=S)NC)c1ccc(C=O)cc1. The quantitative estimate of drug-likeness (QED) is 0.270. The lowest BCUT2D eigenvalue weighted by atomic mass is 10.1. The summed E-state index contributed by atoms with van der Waals surface area (Å²) in [6.45, 7) is 1.78. The Balaban J connectivity index is 3.11. The Morgan fingerprint density at radius 1 is 1.00 bits per heavy atom. The number of aldehydes is 1. The number of hydrazone groups is 2. The zero-order valence-electron chi connectivity index (χ0n) is 13.0. The van der Waals surface area contributed by atoms with Crippen LogP contribution in [0.4, 0.5) is 0 Å². The molecule has 0 fully saturated rings. The zero-order valence-corrected chi connectivity index (χ0v) is 14.6. The Kier molecular flexibility index (Phi) is 7.78. The summed E-state index contributed by atoms with van der Waals surface area (Å²) in [7, 11) is 3.39. The minimum atomic E-state index is 0.374. The molecule has 0 unspecified atom stereocenters. The minimum Gasteiger partial charge on any atom is -0.364 e. The first-order chi connectivity index (χ1) is 11.0. The fraction of sp³-hybridized carbons (Fsp3) is 0.214. The standard InChI is InChI=1S/C14H18N6OS2/c1-9(17-19-13(22)15-2)12(18-20-14(23)16-3)11-6-4-10(8-21)5-7-11/h4-8H,1-3H3,(H2,15,19,22)(H2,16,20,23)/b17-9+,18-12-. The molecule has 0 aliphatic rings. The van der Waals surface area contributed by atoms with Crippen molar-refractivity contribution >= 4 is 52.4 Å². The summed E-state index contributed by atoms with van der Waals surface area (Å²) in [6.07, 6.45) is 0.781. The molecule has 1 aromatic carbocycles. The third-order valence-electron chi connectivity index (χ3n) is 2.71. The molecule has 23 heavy (non-hydrogen) atoms. The van der Waals surface area contributed by atoms with Gasteiger partial charge in [-0.2, -0.15) is 10.2 Å². The lowest BCUT2D eigenvalue weighted by Crippen LogP contribution is -2.32. The highest BCUT2D eigenvalue weighted by molar-refractivity contribution is 7.80. The molecular formula is C14H18N6OS2. The van der Waals surface area contributed by atoms with E-state index < -0.39 is 0 Å². The second-order valence-electron chi connectivity index (χ2n) is 4.28. The predicted octanol–water partition coefficient (Wildman–Crippen LogP) is 0.767. The van der Waals surface area contributed by atoms with E-state index in [2.05, 4.69) is 31.7 Å². The Bertz CT molecular complexity index is 639. The van der Waals surface area contributed by atoms with Crippen LogP contribution in [-0.2, 0) is 0 Å². The largest absolute Gasteiger partial charge is 0.364 e. The molecular weight excluding hydrogens is 332 g/mol. The van der Waals surface area contributed by atoms with Crippen LogP contribution < -0.4 is 21.5 Å². The first-order valence-electron chi connectivity index (χ1n) is 6.65. The van der Waals surface area contributed by atoms with E-state index in [1.54, 1.807) is 45.3 Å². The fourth-order valence-corrected chi connectivity index (χ4v) is 1.57. The van der Waals surface area contributed by atoms with Crippen LogP contribution in [0.2, 0.25) is 0 Å². The highest BCUT2D eigenvalue weighted by Crippen LogP contribution is 2.06. The van der Waals surface area contributed by atoms with Crippen molar-refractivity contribution < 1.29 is 4.79 Å². The maximum absolute atomic E-state index is 10.8. The van der Waals surface area contributed by atoms with Crippen molar-refractivity contribution in [1.82, 2.24) is 21.5 Å². The van der Waals surface area contributed by atoms with E-state index in [1.807, 2.05) is 0 Å². The van der Waals surface area contributed by atoms with E-state index in [9.17, 15) is 4.79 Å². The van der Waals surface area contributed by atoms with Crippen LogP contribution in [0.5, 0.6) is 0 Å². The van der Waals surface area contributed by atoms with Crippen molar-refractivity contribution in [2.75, 3.05) is 14.1 Å². The second-order valence-corrected chi connectivity index (χ2v) is 5.10. The fourth-order valence-electron chi connectivity index (χ4n) is 1.48. The van der Waals surface area contributed by atoms with Gasteiger partial charge in [-0.1, -0.05) is 24.3 Å². The van der Waals surface area contributed by atoms with Gasteiger partial charge in [-0.3, -0.25) is 15.6 Å². The van der Waals surface area contributed by atoms with E-state index in [4.69, 9.17) is 24.4 Å². The number of nitrogens with zero attached hydrogens (tertiary/aromatic N) is 2. The third kappa shape index (κ3) is 6.09. The number of carbonyl (C=O) groups excluding carboxylic acids is 1. The molecule has 0 saturated carbocycles. The summed E-state index contributed by atoms with van der Waals surface area (Å²) in [5, 5.41) is 14.7. The van der Waals surface area contributed by atoms with E-state index in [0.717, 1.165) is 11.8 Å². The number of hydrogen-bond acceptors (Lipinski definition) is 5. The number of nitrogens with one attached hydrogen (secondary N) is 4. The van der Waals surface area contributed by atoms with Crippen LogP contribution in [-0.4, -0.2) is 42.0 Å². The van der Waals surface area contributed by atoms with Crippen LogP contribution in [0.3, 0.4) is 0 Å². The number of thiocarbonyl (C=S) groups is 2. The van der Waals surface area contributed by atoms with E-state index in [-0.39, 0.29) is 0 Å². The van der Waals surface area contributed by atoms with Crippen LogP contribution in [0, 0.1) is 0 Å². The molecule has 4 N–H and O–H groups in total. The van der Waals surface area contributed by atoms with Crippen molar-refractivity contribution in [3.8, 4) is 0 Å². The molecule has 0 atom stereocenters. The van der Waals surface area contributed by atoms with Crippen molar-refractivity contribution in [2.24, 2.45) is 10.2 Å². The molecule has 1 aromatic rings. The molecule has 0 aliphatic heterocycles. The first kappa shape index (κ1) is 18.7. The first-order valence-corrected chi connectivity index (χ1v) is 7.46. The zero-order chi connectivity index (χ0) is 17.2. The van der Waals surface area contributed by atoms with Gasteiger partial charge in [-0.15, -0.1) is 0 Å². The van der Waals surface area contributed by atoms with Gasteiger partial charge in [-0.25, -0.2) is 0 Å². The lowest BCUT2D eigenvalue weighted by molar-refractivity contribution is 0.112. The maximum atomic E-state index is 10.8. The summed E-state index contributed by atoms with van der Waals surface area (Å²) in [5.41, 5.74) is 7.94. The molecule has 0 aliphatic carbocycles. The summed E-state index contributed by atoms with van der Waals surface area (Å²) in [4.78, 5) is 10.8. The van der Waals surface area contributed by atoms with Gasteiger partial charge < -0.3 is 10.6 Å². The van der Waals surface area contributed by atoms with E-state index in [1.165, 1.54) is 0 Å². The molecule has 0 bridgehead atoms. The van der Waals surface area contributed by atoms with Crippen molar-refractivity contribution in [1.29, 1.82) is 0 Å². The summed E-state index contributed by atoms with van der Waals surface area (Å²) in [6, 6.07) is 6.96. The third-order valence-corrected chi connectivity index (χ3v) is 3.30. The van der Waals surface area contributed by atoms with Gasteiger partial charge in [0, 0.05) is 25.2 Å². The number of benzene rings is 1. The van der Waals surface area contributed by atoms with E-state index >= 15 is 0 Å². The normalized spacial score (nSPS) is 11.4. The van der Waals surface area contributed by atoms with Crippen LogP contribution in [0.25, 0.3) is 0 Å². The monoisotopic (exact) mass is 350 g/mol. The maximum Gasteiger partial charge on any atom is 0.186 e. The van der Waals surface area contributed by atoms with Gasteiger partial charge in [0.2, 0.25) is 0 Å². The van der Waals surface area contributed by atoms with Crippen molar-refractivity contribution in [2.45, 2.75) is 6.92 Å². The highest BCUT2D eigenvalue weighted by Gasteiger charge is 2.09. The topological polar surface area (TPSA) is 89.9 Å². The number of carbonyl (C=O) groups is 1. The molecule has 1 rings (SSSR count). The second kappa shape index (κ2) is 9.59. The van der Waals surface area contributed by atoms with Crippen LogP contribution in [0.15, 0.2) is 34.5 Å². The van der Waals surface area contributed by atoms with Gasteiger partial charge in [-0.05, 0) is 31.4 Å². The molecule has 9 heteroatoms. The van der Waals surface area contributed by atoms with Gasteiger partial charge in [0.05, 0.1) is 5.71 Å². The average Bonchev–Trinajstić information content (AvgIpc) is 2.59. The van der Waals surface area contributed by atoms with Gasteiger partial charge in [0.25, 0.3) is 0 Å². The number of hydrogen-bond donors (Lipinski definition) is 4. The Hall–Kier alpha value is -2.39. The Labute approximate surface area is 145 Å². The molecule has 0 spiro atoms. The van der Waals surface area contributed by atoms with Crippen LogP contribution in [0.1, 0.15) is 22.8 Å². The summed E-state index contributed by atoms with van der Waals surface area (Å²) >= 11 is 9.99. The molecule has 122 valence electrons.